The molecule has 1 aromatic rings. The Morgan fingerprint density at radius 2 is 1.93 bits per heavy atom. The zero-order valence-corrected chi connectivity index (χ0v) is 8.15. The molecule has 0 radical (unpaired) electrons. The van der Waals surface area contributed by atoms with E-state index < -0.39 is 0 Å². The molecule has 72 valence electrons. The van der Waals surface area contributed by atoms with Crippen LogP contribution in [-0.4, -0.2) is 5.78 Å². The van der Waals surface area contributed by atoms with Crippen LogP contribution in [0, 0.1) is 17.8 Å². The average molecular weight is 186 g/mol. The highest BCUT2D eigenvalue weighted by molar-refractivity contribution is 5.89. The highest BCUT2D eigenvalue weighted by Gasteiger charge is 2.52. The van der Waals surface area contributed by atoms with Crippen LogP contribution in [0.4, 0.5) is 0 Å². The first-order valence-corrected chi connectivity index (χ1v) is 5.42. The highest BCUT2D eigenvalue weighted by atomic mass is 16.1. The van der Waals surface area contributed by atoms with E-state index in [9.17, 15) is 4.79 Å². The number of fused-ring (bicyclic) bond motifs is 1. The molecule has 1 aromatic carbocycles. The summed E-state index contributed by atoms with van der Waals surface area (Å²) in [6, 6.07) is 10.4. The van der Waals surface area contributed by atoms with E-state index in [2.05, 4.69) is 24.3 Å². The largest absolute Gasteiger partial charge is 0.299 e. The molecule has 0 amide bonds. The summed E-state index contributed by atoms with van der Waals surface area (Å²) < 4.78 is 0. The van der Waals surface area contributed by atoms with Gasteiger partial charge in [-0.2, -0.15) is 0 Å². The molecule has 3 rings (SSSR count). The first-order chi connectivity index (χ1) is 6.84. The molecule has 2 fully saturated rings. The molecule has 0 heterocycles. The minimum absolute atomic E-state index is 0.334. The van der Waals surface area contributed by atoms with Gasteiger partial charge in [0.15, 0.2) is 0 Å². The quantitative estimate of drug-likeness (QED) is 0.693. The van der Waals surface area contributed by atoms with Crippen LogP contribution in [0.1, 0.15) is 18.4 Å². The second-order valence-electron chi connectivity index (χ2n) is 4.63. The van der Waals surface area contributed by atoms with Crippen LogP contribution >= 0.6 is 0 Å². The molecule has 0 aliphatic heterocycles. The fraction of sp³-hybridized carbons (Fsp3) is 0.462. The Morgan fingerprint density at radius 3 is 2.57 bits per heavy atom. The van der Waals surface area contributed by atoms with E-state index in [4.69, 9.17) is 0 Å². The van der Waals surface area contributed by atoms with Gasteiger partial charge in [0.1, 0.15) is 5.78 Å². The maximum atomic E-state index is 11.8. The molecule has 0 bridgehead atoms. The number of carbonyl (C=O) groups excluding carboxylic acids is 1. The predicted molar refractivity (Wildman–Crippen MR) is 54.9 cm³/mol. The lowest BCUT2D eigenvalue weighted by atomic mass is 9.94. The Labute approximate surface area is 84.1 Å². The van der Waals surface area contributed by atoms with Crippen LogP contribution in [0.2, 0.25) is 0 Å². The molecule has 14 heavy (non-hydrogen) atoms. The van der Waals surface area contributed by atoms with Crippen molar-refractivity contribution in [1.29, 1.82) is 0 Å². The Kier molecular flexibility index (Phi) is 1.73. The van der Waals surface area contributed by atoms with Crippen molar-refractivity contribution in [2.24, 2.45) is 17.8 Å². The minimum atomic E-state index is 0.334. The summed E-state index contributed by atoms with van der Waals surface area (Å²) in [4.78, 5) is 11.8. The van der Waals surface area contributed by atoms with Gasteiger partial charge in [0.2, 0.25) is 0 Å². The van der Waals surface area contributed by atoms with E-state index in [1.54, 1.807) is 0 Å². The Hall–Kier alpha value is -1.11. The third kappa shape index (κ3) is 1.28. The third-order valence-corrected chi connectivity index (χ3v) is 3.60. The maximum Gasteiger partial charge on any atom is 0.139 e. The number of carbonyl (C=O) groups is 1. The van der Waals surface area contributed by atoms with Gasteiger partial charge in [-0.1, -0.05) is 30.3 Å². The SMILES string of the molecule is O=C1[C@@H](Cc2ccccc2)C[C@H]2C[C@H]12. The zero-order valence-electron chi connectivity index (χ0n) is 8.15. The summed E-state index contributed by atoms with van der Waals surface area (Å²) in [5.74, 6) is 2.10. The van der Waals surface area contributed by atoms with E-state index in [0.29, 0.717) is 17.6 Å². The molecule has 0 N–H and O–H groups in total. The number of hydrogen-bond donors (Lipinski definition) is 0. The average Bonchev–Trinajstić information content (AvgIpc) is 2.91. The van der Waals surface area contributed by atoms with Gasteiger partial charge in [0.05, 0.1) is 0 Å². The van der Waals surface area contributed by atoms with Crippen molar-refractivity contribution in [3.8, 4) is 0 Å². The number of ketones is 1. The second-order valence-corrected chi connectivity index (χ2v) is 4.63. The lowest BCUT2D eigenvalue weighted by molar-refractivity contribution is -0.122. The lowest BCUT2D eigenvalue weighted by Gasteiger charge is -2.09. The predicted octanol–water partition coefficient (Wildman–Crippen LogP) is 2.45. The van der Waals surface area contributed by atoms with Gasteiger partial charge in [-0.3, -0.25) is 4.79 Å². The van der Waals surface area contributed by atoms with Crippen molar-refractivity contribution in [1.82, 2.24) is 0 Å². The molecular weight excluding hydrogens is 172 g/mol. The van der Waals surface area contributed by atoms with Crippen molar-refractivity contribution in [2.45, 2.75) is 19.3 Å². The summed E-state index contributed by atoms with van der Waals surface area (Å²) in [6.45, 7) is 0. The molecule has 3 atom stereocenters. The van der Waals surface area contributed by atoms with Gasteiger partial charge in [-0.15, -0.1) is 0 Å². The fourth-order valence-electron chi connectivity index (χ4n) is 2.72. The second kappa shape index (κ2) is 2.94. The number of rotatable bonds is 2. The van der Waals surface area contributed by atoms with Crippen LogP contribution < -0.4 is 0 Å². The summed E-state index contributed by atoms with van der Waals surface area (Å²) >= 11 is 0. The number of benzene rings is 1. The van der Waals surface area contributed by atoms with Crippen molar-refractivity contribution < 1.29 is 4.79 Å². The van der Waals surface area contributed by atoms with Crippen molar-refractivity contribution >= 4 is 5.78 Å². The van der Waals surface area contributed by atoms with Crippen LogP contribution in [0.5, 0.6) is 0 Å². The van der Waals surface area contributed by atoms with Gasteiger partial charge in [0.25, 0.3) is 0 Å². The fourth-order valence-corrected chi connectivity index (χ4v) is 2.72. The molecule has 1 nitrogen and oxygen atoms in total. The zero-order chi connectivity index (χ0) is 9.54. The van der Waals surface area contributed by atoms with Crippen molar-refractivity contribution in [2.75, 3.05) is 0 Å². The van der Waals surface area contributed by atoms with Gasteiger partial charge >= 0.3 is 0 Å². The van der Waals surface area contributed by atoms with E-state index in [1.807, 2.05) is 6.07 Å². The Balaban J connectivity index is 1.71. The number of Topliss-reactive ketones (excluding diaryl/α,β-unsaturated/α-hetero) is 1. The van der Waals surface area contributed by atoms with Crippen LogP contribution in [-0.2, 0) is 11.2 Å². The summed E-state index contributed by atoms with van der Waals surface area (Å²) in [7, 11) is 0. The van der Waals surface area contributed by atoms with Crippen LogP contribution in [0.15, 0.2) is 30.3 Å². The molecule has 0 spiro atoms. The molecule has 2 aliphatic carbocycles. The smallest absolute Gasteiger partial charge is 0.139 e. The van der Waals surface area contributed by atoms with Crippen molar-refractivity contribution in [3.05, 3.63) is 35.9 Å². The van der Waals surface area contributed by atoms with Gasteiger partial charge in [-0.05, 0) is 30.7 Å². The van der Waals surface area contributed by atoms with Gasteiger partial charge in [0, 0.05) is 11.8 Å². The van der Waals surface area contributed by atoms with E-state index >= 15 is 0 Å². The highest BCUT2D eigenvalue weighted by Crippen LogP contribution is 2.52. The summed E-state index contributed by atoms with van der Waals surface area (Å²) in [5.41, 5.74) is 1.31. The molecule has 1 heteroatoms. The minimum Gasteiger partial charge on any atom is -0.299 e. The summed E-state index contributed by atoms with van der Waals surface area (Å²) in [6.07, 6.45) is 3.30. The maximum absolute atomic E-state index is 11.8. The first kappa shape index (κ1) is 8.22. The molecule has 0 unspecified atom stereocenters. The monoisotopic (exact) mass is 186 g/mol. The van der Waals surface area contributed by atoms with Gasteiger partial charge in [-0.25, -0.2) is 0 Å². The number of hydrogen-bond acceptors (Lipinski definition) is 1. The van der Waals surface area contributed by atoms with Gasteiger partial charge < -0.3 is 0 Å². The normalized spacial score (nSPS) is 34.3. The molecule has 0 aromatic heterocycles. The summed E-state index contributed by atoms with van der Waals surface area (Å²) in [5, 5.41) is 0. The van der Waals surface area contributed by atoms with E-state index in [-0.39, 0.29) is 0 Å². The standard InChI is InChI=1S/C13H14O/c14-13-11(7-10-8-12(10)13)6-9-4-2-1-3-5-9/h1-5,10-12H,6-8H2/t10-,11-,12-/m0/s1. The molecular formula is C13H14O. The first-order valence-electron chi connectivity index (χ1n) is 5.42. The lowest BCUT2D eigenvalue weighted by Crippen LogP contribution is -2.13. The third-order valence-electron chi connectivity index (χ3n) is 3.60. The van der Waals surface area contributed by atoms with Crippen LogP contribution in [0.3, 0.4) is 0 Å². The van der Waals surface area contributed by atoms with E-state index in [0.717, 1.165) is 18.8 Å². The molecule has 0 saturated heterocycles. The molecule has 2 saturated carbocycles. The van der Waals surface area contributed by atoms with Crippen molar-refractivity contribution in [3.63, 3.8) is 0 Å². The van der Waals surface area contributed by atoms with Crippen LogP contribution in [0.25, 0.3) is 0 Å². The molecule has 2 aliphatic rings. The Morgan fingerprint density at radius 1 is 1.14 bits per heavy atom. The van der Waals surface area contributed by atoms with E-state index in [1.165, 1.54) is 12.0 Å². The topological polar surface area (TPSA) is 17.1 Å². The Bertz CT molecular complexity index is 355.